The maximum atomic E-state index is 13.5. The lowest BCUT2D eigenvalue weighted by Gasteiger charge is -2.26. The highest BCUT2D eigenvalue weighted by molar-refractivity contribution is 9.10. The van der Waals surface area contributed by atoms with Crippen molar-refractivity contribution in [2.45, 2.75) is 31.2 Å². The van der Waals surface area contributed by atoms with Gasteiger partial charge in [0.1, 0.15) is 12.3 Å². The fraction of sp³-hybridized carbons (Fsp3) is 0.240. The van der Waals surface area contributed by atoms with Crippen molar-refractivity contribution in [1.82, 2.24) is 5.32 Å². The summed E-state index contributed by atoms with van der Waals surface area (Å²) >= 11 is 3.33. The molecule has 1 atom stereocenters. The van der Waals surface area contributed by atoms with E-state index in [4.69, 9.17) is 4.74 Å². The van der Waals surface area contributed by atoms with Gasteiger partial charge in [0.25, 0.3) is 10.0 Å². The van der Waals surface area contributed by atoms with Gasteiger partial charge in [0.2, 0.25) is 5.91 Å². The fourth-order valence-electron chi connectivity index (χ4n) is 3.40. The molecule has 3 aromatic carbocycles. The second-order valence-electron chi connectivity index (χ2n) is 7.33. The van der Waals surface area contributed by atoms with E-state index < -0.39 is 10.0 Å². The summed E-state index contributed by atoms with van der Waals surface area (Å²) in [5.74, 6) is 0.238. The van der Waals surface area contributed by atoms with Crippen molar-refractivity contribution in [1.29, 1.82) is 0 Å². The van der Waals surface area contributed by atoms with Crippen LogP contribution in [-0.2, 0) is 14.8 Å². The van der Waals surface area contributed by atoms with Gasteiger partial charge >= 0.3 is 0 Å². The monoisotopic (exact) mass is 530 g/mol. The minimum atomic E-state index is -3.99. The molecule has 6 nitrogen and oxygen atoms in total. The lowest BCUT2D eigenvalue weighted by molar-refractivity contribution is -0.120. The van der Waals surface area contributed by atoms with E-state index in [1.807, 2.05) is 44.2 Å². The number of nitrogens with one attached hydrogen (secondary N) is 1. The van der Waals surface area contributed by atoms with Crippen molar-refractivity contribution >= 4 is 37.5 Å². The zero-order chi connectivity index (χ0) is 23.8. The zero-order valence-electron chi connectivity index (χ0n) is 18.6. The lowest BCUT2D eigenvalue weighted by atomic mass is 10.0. The molecule has 174 valence electrons. The SMILES string of the molecule is CCOc1ccc(N(CC(=O)N[C@@H](CC)c2ccccc2)S(=O)(=O)c2ccc(Br)cc2)cc1. The summed E-state index contributed by atoms with van der Waals surface area (Å²) in [7, 11) is -3.99. The Morgan fingerprint density at radius 1 is 0.970 bits per heavy atom. The number of amides is 1. The van der Waals surface area contributed by atoms with E-state index >= 15 is 0 Å². The molecule has 33 heavy (non-hydrogen) atoms. The van der Waals surface area contributed by atoms with Crippen LogP contribution < -0.4 is 14.4 Å². The molecule has 0 saturated heterocycles. The van der Waals surface area contributed by atoms with Crippen LogP contribution in [0.5, 0.6) is 5.75 Å². The number of sulfonamides is 1. The van der Waals surface area contributed by atoms with Crippen molar-refractivity contribution in [3.8, 4) is 5.75 Å². The summed E-state index contributed by atoms with van der Waals surface area (Å²) in [5, 5.41) is 2.97. The van der Waals surface area contributed by atoms with Crippen LogP contribution in [-0.4, -0.2) is 27.5 Å². The van der Waals surface area contributed by atoms with Gasteiger partial charge in [0.05, 0.1) is 23.2 Å². The van der Waals surface area contributed by atoms with Crippen molar-refractivity contribution in [2.24, 2.45) is 0 Å². The number of nitrogens with zero attached hydrogens (tertiary/aromatic N) is 1. The first kappa shape index (κ1) is 24.8. The molecule has 0 aliphatic carbocycles. The standard InChI is InChI=1S/C25H27BrN2O4S/c1-3-24(19-8-6-5-7-9-19)27-25(29)18-28(21-12-14-22(15-13-21)32-4-2)33(30,31)23-16-10-20(26)11-17-23/h5-17,24H,3-4,18H2,1-2H3,(H,27,29)/t24-/m0/s1. The molecule has 0 aliphatic heterocycles. The van der Waals surface area contributed by atoms with Crippen molar-refractivity contribution in [3.05, 3.63) is 88.9 Å². The maximum absolute atomic E-state index is 13.5. The molecule has 0 saturated carbocycles. The molecule has 0 fully saturated rings. The van der Waals surface area contributed by atoms with Crippen LogP contribution in [0.2, 0.25) is 0 Å². The quantitative estimate of drug-likeness (QED) is 0.385. The lowest BCUT2D eigenvalue weighted by Crippen LogP contribution is -2.42. The van der Waals surface area contributed by atoms with Crippen LogP contribution in [0.4, 0.5) is 5.69 Å². The van der Waals surface area contributed by atoms with Crippen LogP contribution in [0, 0.1) is 0 Å². The number of hydrogen-bond donors (Lipinski definition) is 1. The maximum Gasteiger partial charge on any atom is 0.264 e. The van der Waals surface area contributed by atoms with Gasteiger partial charge < -0.3 is 10.1 Å². The highest BCUT2D eigenvalue weighted by Crippen LogP contribution is 2.27. The molecule has 0 heterocycles. The number of rotatable bonds is 10. The first-order valence-corrected chi connectivity index (χ1v) is 12.9. The Balaban J connectivity index is 1.91. The summed E-state index contributed by atoms with van der Waals surface area (Å²) in [4.78, 5) is 13.1. The third-order valence-corrected chi connectivity index (χ3v) is 7.39. The average Bonchev–Trinajstić information content (AvgIpc) is 2.82. The number of benzene rings is 3. The molecule has 3 aromatic rings. The second-order valence-corrected chi connectivity index (χ2v) is 10.1. The Hall–Kier alpha value is -2.84. The predicted octanol–water partition coefficient (Wildman–Crippen LogP) is 5.31. The van der Waals surface area contributed by atoms with E-state index in [-0.39, 0.29) is 23.4 Å². The van der Waals surface area contributed by atoms with Crippen molar-refractivity contribution in [3.63, 3.8) is 0 Å². The number of carbonyl (C=O) groups excluding carboxylic acids is 1. The zero-order valence-corrected chi connectivity index (χ0v) is 21.0. The van der Waals surface area contributed by atoms with E-state index in [0.717, 1.165) is 14.3 Å². The van der Waals surface area contributed by atoms with E-state index in [2.05, 4.69) is 21.2 Å². The molecular formula is C25H27BrN2O4S. The number of ether oxygens (including phenoxy) is 1. The van der Waals surface area contributed by atoms with Gasteiger partial charge in [-0.05, 0) is 67.4 Å². The molecule has 0 aromatic heterocycles. The van der Waals surface area contributed by atoms with E-state index in [9.17, 15) is 13.2 Å². The summed E-state index contributed by atoms with van der Waals surface area (Å²) in [6.07, 6.45) is 0.679. The molecular weight excluding hydrogens is 504 g/mol. The normalized spacial score (nSPS) is 12.1. The number of carbonyl (C=O) groups is 1. The largest absolute Gasteiger partial charge is 0.494 e. The smallest absolute Gasteiger partial charge is 0.264 e. The Bertz CT molecular complexity index is 1150. The first-order chi connectivity index (χ1) is 15.8. The van der Waals surface area contributed by atoms with Crippen molar-refractivity contribution in [2.75, 3.05) is 17.5 Å². The second kappa shape index (κ2) is 11.3. The number of halogens is 1. The molecule has 0 unspecified atom stereocenters. The van der Waals surface area contributed by atoms with Crippen LogP contribution in [0.15, 0.2) is 88.2 Å². The topological polar surface area (TPSA) is 75.7 Å². The summed E-state index contributed by atoms with van der Waals surface area (Å²) < 4.78 is 34.4. The summed E-state index contributed by atoms with van der Waals surface area (Å²) in [6.45, 7) is 4.00. The highest BCUT2D eigenvalue weighted by atomic mass is 79.9. The molecule has 0 bridgehead atoms. The summed E-state index contributed by atoms with van der Waals surface area (Å²) in [6, 6.07) is 22.4. The Morgan fingerprint density at radius 3 is 2.18 bits per heavy atom. The van der Waals surface area contributed by atoms with E-state index in [0.29, 0.717) is 24.5 Å². The molecule has 3 rings (SSSR count). The third kappa shape index (κ3) is 6.36. The highest BCUT2D eigenvalue weighted by Gasteiger charge is 2.28. The summed E-state index contributed by atoms with van der Waals surface area (Å²) in [5.41, 5.74) is 1.35. The van der Waals surface area contributed by atoms with Crippen LogP contribution >= 0.6 is 15.9 Å². The van der Waals surface area contributed by atoms with Gasteiger partial charge in [0, 0.05) is 4.47 Å². The molecule has 0 aliphatic rings. The van der Waals surface area contributed by atoms with E-state index in [1.54, 1.807) is 36.4 Å². The van der Waals surface area contributed by atoms with Gasteiger partial charge in [-0.15, -0.1) is 0 Å². The number of anilines is 1. The van der Waals surface area contributed by atoms with Crippen LogP contribution in [0.3, 0.4) is 0 Å². The number of hydrogen-bond acceptors (Lipinski definition) is 4. The predicted molar refractivity (Wildman–Crippen MR) is 134 cm³/mol. The average molecular weight is 531 g/mol. The van der Waals surface area contributed by atoms with E-state index in [1.165, 1.54) is 12.1 Å². The van der Waals surface area contributed by atoms with Gasteiger partial charge in [-0.2, -0.15) is 0 Å². The van der Waals surface area contributed by atoms with Crippen molar-refractivity contribution < 1.29 is 17.9 Å². The Kier molecular flexibility index (Phi) is 8.52. The molecule has 0 spiro atoms. The minimum Gasteiger partial charge on any atom is -0.494 e. The van der Waals surface area contributed by atoms with Gasteiger partial charge in [0.15, 0.2) is 0 Å². The van der Waals surface area contributed by atoms with Gasteiger partial charge in [-0.25, -0.2) is 8.42 Å². The molecule has 0 radical (unpaired) electrons. The fourth-order valence-corrected chi connectivity index (χ4v) is 5.09. The van der Waals surface area contributed by atoms with Gasteiger partial charge in [-0.1, -0.05) is 53.2 Å². The Labute approximate surface area is 203 Å². The van der Waals surface area contributed by atoms with Crippen LogP contribution in [0.25, 0.3) is 0 Å². The Morgan fingerprint density at radius 2 is 1.61 bits per heavy atom. The molecule has 1 N–H and O–H groups in total. The molecule has 8 heteroatoms. The minimum absolute atomic E-state index is 0.0995. The molecule has 1 amide bonds. The third-order valence-electron chi connectivity index (χ3n) is 5.07. The van der Waals surface area contributed by atoms with Gasteiger partial charge in [-0.3, -0.25) is 9.10 Å². The van der Waals surface area contributed by atoms with Crippen LogP contribution in [0.1, 0.15) is 31.9 Å². The first-order valence-electron chi connectivity index (χ1n) is 10.7.